The molecule has 2 aromatic carbocycles. The number of halogens is 1. The minimum Gasteiger partial charge on any atom is -0.377 e. The predicted octanol–water partition coefficient (Wildman–Crippen LogP) is 4.14. The Bertz CT molecular complexity index is 790. The van der Waals surface area contributed by atoms with Crippen molar-refractivity contribution in [3.63, 3.8) is 0 Å². The van der Waals surface area contributed by atoms with Gasteiger partial charge in [0.15, 0.2) is 0 Å². The number of rotatable bonds is 3. The van der Waals surface area contributed by atoms with Crippen LogP contribution in [0.15, 0.2) is 42.5 Å². The summed E-state index contributed by atoms with van der Waals surface area (Å²) in [5, 5.41) is 0. The quantitative estimate of drug-likeness (QED) is 0.678. The lowest BCUT2D eigenvalue weighted by atomic mass is 10.1. The molecule has 0 bridgehead atoms. The number of hydrogen-bond donors (Lipinski definition) is 0. The lowest BCUT2D eigenvalue weighted by Crippen LogP contribution is -2.11. The number of aromatic nitrogens is 2. The van der Waals surface area contributed by atoms with Crippen LogP contribution >= 0.6 is 11.6 Å². The molecule has 3 aromatic rings. The normalized spacial score (nSPS) is 11.0. The highest BCUT2D eigenvalue weighted by atomic mass is 35.5. The van der Waals surface area contributed by atoms with Gasteiger partial charge in [0, 0.05) is 25.5 Å². The first-order valence-corrected chi connectivity index (χ1v) is 7.46. The molecule has 0 saturated carbocycles. The van der Waals surface area contributed by atoms with Crippen LogP contribution in [-0.4, -0.2) is 23.6 Å². The number of nitrogens with zero attached hydrogens (tertiary/aromatic N) is 3. The number of fused-ring (bicyclic) bond motifs is 1. The summed E-state index contributed by atoms with van der Waals surface area (Å²) in [4.78, 5) is 6.75. The standard InChI is InChI=1S/C17H18ClN3/c1-12-8-9-13(10-16(12)20(2)3)21-15-7-5-4-6-14(15)19-17(21)11-18/h4-10H,11H2,1-3H3. The first-order valence-electron chi connectivity index (χ1n) is 6.92. The first kappa shape index (κ1) is 14.0. The third kappa shape index (κ3) is 2.38. The van der Waals surface area contributed by atoms with E-state index in [1.165, 1.54) is 11.3 Å². The van der Waals surface area contributed by atoms with Gasteiger partial charge in [0.05, 0.1) is 16.9 Å². The van der Waals surface area contributed by atoms with Crippen molar-refractivity contribution >= 4 is 28.3 Å². The fourth-order valence-corrected chi connectivity index (χ4v) is 2.85. The molecular formula is C17H18ClN3. The Morgan fingerprint density at radius 1 is 1.14 bits per heavy atom. The second-order valence-electron chi connectivity index (χ2n) is 5.35. The van der Waals surface area contributed by atoms with Crippen LogP contribution < -0.4 is 4.90 Å². The van der Waals surface area contributed by atoms with Gasteiger partial charge in [-0.05, 0) is 36.8 Å². The number of anilines is 1. The maximum atomic E-state index is 6.09. The van der Waals surface area contributed by atoms with Gasteiger partial charge in [-0.2, -0.15) is 0 Å². The molecule has 0 radical (unpaired) electrons. The fourth-order valence-electron chi connectivity index (χ4n) is 2.67. The van der Waals surface area contributed by atoms with Crippen LogP contribution in [0.1, 0.15) is 11.4 Å². The van der Waals surface area contributed by atoms with Gasteiger partial charge in [0.25, 0.3) is 0 Å². The highest BCUT2D eigenvalue weighted by Crippen LogP contribution is 2.27. The van der Waals surface area contributed by atoms with E-state index in [0.717, 1.165) is 22.5 Å². The molecule has 0 atom stereocenters. The molecule has 3 nitrogen and oxygen atoms in total. The molecule has 0 unspecified atom stereocenters. The molecule has 0 aliphatic heterocycles. The molecule has 21 heavy (non-hydrogen) atoms. The van der Waals surface area contributed by atoms with Crippen molar-refractivity contribution in [1.82, 2.24) is 9.55 Å². The van der Waals surface area contributed by atoms with Gasteiger partial charge in [-0.3, -0.25) is 4.57 Å². The van der Waals surface area contributed by atoms with Crippen molar-refractivity contribution in [2.45, 2.75) is 12.8 Å². The summed E-state index contributed by atoms with van der Waals surface area (Å²) in [6.45, 7) is 2.12. The third-order valence-corrected chi connectivity index (χ3v) is 3.92. The van der Waals surface area contributed by atoms with Gasteiger partial charge in [0.2, 0.25) is 0 Å². The Labute approximate surface area is 129 Å². The summed E-state index contributed by atoms with van der Waals surface area (Å²) in [6.07, 6.45) is 0. The van der Waals surface area contributed by atoms with Crippen LogP contribution in [-0.2, 0) is 5.88 Å². The van der Waals surface area contributed by atoms with Crippen LogP contribution in [0.3, 0.4) is 0 Å². The number of alkyl halides is 1. The summed E-state index contributed by atoms with van der Waals surface area (Å²) in [5.41, 5.74) is 5.60. The van der Waals surface area contributed by atoms with E-state index in [9.17, 15) is 0 Å². The minimum absolute atomic E-state index is 0.389. The van der Waals surface area contributed by atoms with Crippen LogP contribution in [0, 0.1) is 6.92 Å². The zero-order valence-corrected chi connectivity index (χ0v) is 13.2. The van der Waals surface area contributed by atoms with Crippen molar-refractivity contribution in [1.29, 1.82) is 0 Å². The summed E-state index contributed by atoms with van der Waals surface area (Å²) < 4.78 is 2.13. The lowest BCUT2D eigenvalue weighted by molar-refractivity contribution is 0.977. The zero-order chi connectivity index (χ0) is 15.0. The Morgan fingerprint density at radius 2 is 1.90 bits per heavy atom. The number of imidazole rings is 1. The van der Waals surface area contributed by atoms with Gasteiger partial charge >= 0.3 is 0 Å². The van der Waals surface area contributed by atoms with Crippen LogP contribution in [0.2, 0.25) is 0 Å². The monoisotopic (exact) mass is 299 g/mol. The number of para-hydroxylation sites is 2. The maximum absolute atomic E-state index is 6.09. The van der Waals surface area contributed by atoms with Crippen LogP contribution in [0.25, 0.3) is 16.7 Å². The highest BCUT2D eigenvalue weighted by molar-refractivity contribution is 6.17. The van der Waals surface area contributed by atoms with E-state index >= 15 is 0 Å². The number of aryl methyl sites for hydroxylation is 1. The molecule has 0 N–H and O–H groups in total. The van der Waals surface area contributed by atoms with E-state index in [1.807, 2.05) is 18.2 Å². The smallest absolute Gasteiger partial charge is 0.129 e. The number of hydrogen-bond acceptors (Lipinski definition) is 2. The average Bonchev–Trinajstić information content (AvgIpc) is 2.86. The molecule has 1 heterocycles. The molecule has 0 fully saturated rings. The SMILES string of the molecule is Cc1ccc(-n2c(CCl)nc3ccccc32)cc1N(C)C. The Hall–Kier alpha value is -2.00. The predicted molar refractivity (Wildman–Crippen MR) is 89.7 cm³/mol. The van der Waals surface area contributed by atoms with E-state index in [4.69, 9.17) is 11.6 Å². The zero-order valence-electron chi connectivity index (χ0n) is 12.5. The topological polar surface area (TPSA) is 21.1 Å². The second-order valence-corrected chi connectivity index (χ2v) is 5.62. The summed E-state index contributed by atoms with van der Waals surface area (Å²) >= 11 is 6.09. The van der Waals surface area contributed by atoms with Crippen LogP contribution in [0.4, 0.5) is 5.69 Å². The van der Waals surface area contributed by atoms with E-state index in [0.29, 0.717) is 5.88 Å². The van der Waals surface area contributed by atoms with E-state index < -0.39 is 0 Å². The van der Waals surface area contributed by atoms with E-state index in [-0.39, 0.29) is 0 Å². The molecule has 3 rings (SSSR count). The summed E-state index contributed by atoms with van der Waals surface area (Å²) in [6, 6.07) is 14.6. The molecule has 108 valence electrons. The Kier molecular flexibility index (Phi) is 3.60. The minimum atomic E-state index is 0.389. The summed E-state index contributed by atoms with van der Waals surface area (Å²) in [7, 11) is 4.11. The van der Waals surface area contributed by atoms with Gasteiger partial charge in [0.1, 0.15) is 5.82 Å². The van der Waals surface area contributed by atoms with Crippen LogP contribution in [0.5, 0.6) is 0 Å². The third-order valence-electron chi connectivity index (χ3n) is 3.68. The van der Waals surface area contributed by atoms with Gasteiger partial charge in [-0.15, -0.1) is 11.6 Å². The maximum Gasteiger partial charge on any atom is 0.129 e. The van der Waals surface area contributed by atoms with Crippen molar-refractivity contribution < 1.29 is 0 Å². The highest BCUT2D eigenvalue weighted by Gasteiger charge is 2.12. The van der Waals surface area contributed by atoms with Crippen molar-refractivity contribution in [3.8, 4) is 5.69 Å². The van der Waals surface area contributed by atoms with Crippen molar-refractivity contribution in [2.24, 2.45) is 0 Å². The largest absolute Gasteiger partial charge is 0.377 e. The van der Waals surface area contributed by atoms with E-state index in [1.54, 1.807) is 0 Å². The molecule has 1 aromatic heterocycles. The van der Waals surface area contributed by atoms with Gasteiger partial charge < -0.3 is 4.90 Å². The molecule has 0 amide bonds. The van der Waals surface area contributed by atoms with E-state index in [2.05, 4.69) is 59.7 Å². The molecule has 0 spiro atoms. The lowest BCUT2D eigenvalue weighted by Gasteiger charge is -2.18. The molecule has 0 aliphatic rings. The van der Waals surface area contributed by atoms with Crippen molar-refractivity contribution in [3.05, 3.63) is 53.9 Å². The first-order chi connectivity index (χ1) is 10.1. The molecule has 4 heteroatoms. The molecule has 0 aliphatic carbocycles. The molecule has 0 saturated heterocycles. The average molecular weight is 300 g/mol. The van der Waals surface area contributed by atoms with Gasteiger partial charge in [-0.1, -0.05) is 18.2 Å². The Balaban J connectivity index is 2.27. The van der Waals surface area contributed by atoms with Gasteiger partial charge in [-0.25, -0.2) is 4.98 Å². The molecular weight excluding hydrogens is 282 g/mol. The number of benzene rings is 2. The fraction of sp³-hybridized carbons (Fsp3) is 0.235. The summed E-state index contributed by atoms with van der Waals surface area (Å²) in [5.74, 6) is 1.26. The second kappa shape index (κ2) is 5.41. The van der Waals surface area contributed by atoms with Crippen molar-refractivity contribution in [2.75, 3.05) is 19.0 Å². The Morgan fingerprint density at radius 3 is 2.62 bits per heavy atom.